The van der Waals surface area contributed by atoms with E-state index in [9.17, 15) is 0 Å². The average Bonchev–Trinajstić information content (AvgIpc) is 2.55. The summed E-state index contributed by atoms with van der Waals surface area (Å²) in [6.07, 6.45) is 4.95. The van der Waals surface area contributed by atoms with Gasteiger partial charge in [0.05, 0.1) is 16.7 Å². The zero-order valence-corrected chi connectivity index (χ0v) is 18.2. The van der Waals surface area contributed by atoms with Crippen LogP contribution in [-0.2, 0) is 4.74 Å². The summed E-state index contributed by atoms with van der Waals surface area (Å²) in [5.41, 5.74) is 8.42. The number of morpholine rings is 1. The first-order valence-electron chi connectivity index (χ1n) is 11.0. The molecule has 2 saturated carbocycles. The Morgan fingerprint density at radius 1 is 1.00 bits per heavy atom. The first-order valence-corrected chi connectivity index (χ1v) is 11.0. The second-order valence-corrected chi connectivity index (χ2v) is 11.0. The summed E-state index contributed by atoms with van der Waals surface area (Å²) >= 11 is 0. The number of nitrogens with one attached hydrogen (secondary N) is 1. The van der Waals surface area contributed by atoms with Crippen LogP contribution in [0.5, 0.6) is 0 Å². The minimum Gasteiger partial charge on any atom is -0.382 e. The van der Waals surface area contributed by atoms with Gasteiger partial charge in [0.15, 0.2) is 0 Å². The number of nitrogens with two attached hydrogens (primary N) is 1. The van der Waals surface area contributed by atoms with Crippen LogP contribution < -0.4 is 16.0 Å². The first-order chi connectivity index (χ1) is 13.6. The zero-order valence-electron chi connectivity index (χ0n) is 18.2. The molecule has 5 rings (SSSR count). The maximum absolute atomic E-state index is 6.22. The number of fused-ring (bicyclic) bond motifs is 1. The Hall–Kier alpha value is -1.85. The third kappa shape index (κ3) is 3.71. The molecule has 1 saturated heterocycles. The third-order valence-corrected chi connectivity index (χ3v) is 6.81. The van der Waals surface area contributed by atoms with Crippen LogP contribution in [-0.4, -0.2) is 41.4 Å². The summed E-state index contributed by atoms with van der Waals surface area (Å²) in [6, 6.07) is 11.9. The molecule has 0 unspecified atom stereocenters. The van der Waals surface area contributed by atoms with Gasteiger partial charge in [-0.05, 0) is 89.1 Å². The van der Waals surface area contributed by atoms with Crippen LogP contribution >= 0.6 is 0 Å². The Morgan fingerprint density at radius 3 is 2.34 bits per heavy atom. The van der Waals surface area contributed by atoms with Crippen molar-refractivity contribution in [1.82, 2.24) is 4.98 Å². The highest BCUT2D eigenvalue weighted by atomic mass is 16.5. The SMILES string of the molecule is CC1(C)CN(c2ccc3cc(NC4CC5(CC(N)C5)C4)ccc3n2)CC(C)(C)O1. The molecule has 1 aromatic heterocycles. The van der Waals surface area contributed by atoms with Crippen molar-refractivity contribution in [2.75, 3.05) is 23.3 Å². The van der Waals surface area contributed by atoms with E-state index in [2.05, 4.69) is 68.2 Å². The van der Waals surface area contributed by atoms with E-state index in [4.69, 9.17) is 15.5 Å². The largest absolute Gasteiger partial charge is 0.382 e. The van der Waals surface area contributed by atoms with Gasteiger partial charge in [0.1, 0.15) is 5.82 Å². The summed E-state index contributed by atoms with van der Waals surface area (Å²) in [4.78, 5) is 7.32. The van der Waals surface area contributed by atoms with Crippen LogP contribution in [0.1, 0.15) is 53.4 Å². The van der Waals surface area contributed by atoms with E-state index in [0.29, 0.717) is 17.5 Å². The highest BCUT2D eigenvalue weighted by molar-refractivity contribution is 5.84. The standard InChI is InChI=1S/C24H34N4O/c1-22(2)14-28(15-23(3,4)29-22)21-8-5-16-9-18(6-7-20(16)27-21)26-19-12-24(13-19)10-17(25)11-24/h5-9,17,19,26H,10-15,25H2,1-4H3. The quantitative estimate of drug-likeness (QED) is 0.812. The van der Waals surface area contributed by atoms with Gasteiger partial charge in [-0.3, -0.25) is 0 Å². The van der Waals surface area contributed by atoms with E-state index < -0.39 is 0 Å². The fourth-order valence-corrected chi connectivity index (χ4v) is 6.04. The molecule has 0 radical (unpaired) electrons. The number of hydrogen-bond acceptors (Lipinski definition) is 5. The Bertz CT molecular complexity index is 908. The molecule has 1 aliphatic heterocycles. The second kappa shape index (κ2) is 6.32. The van der Waals surface area contributed by atoms with Crippen molar-refractivity contribution in [3.05, 3.63) is 30.3 Å². The summed E-state index contributed by atoms with van der Waals surface area (Å²) in [5, 5.41) is 4.90. The maximum atomic E-state index is 6.22. The number of hydrogen-bond donors (Lipinski definition) is 2. The Morgan fingerprint density at radius 2 is 1.69 bits per heavy atom. The Kier molecular flexibility index (Phi) is 4.17. The van der Waals surface area contributed by atoms with Crippen molar-refractivity contribution in [2.45, 2.75) is 76.7 Å². The number of nitrogens with zero attached hydrogens (tertiary/aromatic N) is 2. The third-order valence-electron chi connectivity index (χ3n) is 6.81. The van der Waals surface area contributed by atoms with Crippen molar-refractivity contribution in [2.24, 2.45) is 11.1 Å². The molecule has 5 nitrogen and oxygen atoms in total. The predicted octanol–water partition coefficient (Wildman–Crippen LogP) is 4.31. The van der Waals surface area contributed by atoms with Crippen LogP contribution in [0.4, 0.5) is 11.5 Å². The molecule has 2 heterocycles. The number of anilines is 2. The normalized spacial score (nSPS) is 32.7. The van der Waals surface area contributed by atoms with Crippen molar-refractivity contribution in [3.8, 4) is 0 Å². The van der Waals surface area contributed by atoms with Gasteiger partial charge < -0.3 is 20.7 Å². The van der Waals surface area contributed by atoms with Gasteiger partial charge in [-0.1, -0.05) is 0 Å². The van der Waals surface area contributed by atoms with Crippen LogP contribution in [0.3, 0.4) is 0 Å². The van der Waals surface area contributed by atoms with Crippen molar-refractivity contribution in [1.29, 1.82) is 0 Å². The van der Waals surface area contributed by atoms with Gasteiger partial charge >= 0.3 is 0 Å². The average molecular weight is 395 g/mol. The predicted molar refractivity (Wildman–Crippen MR) is 119 cm³/mol. The van der Waals surface area contributed by atoms with E-state index in [1.807, 2.05) is 0 Å². The first kappa shape index (κ1) is 19.1. The molecule has 2 aliphatic carbocycles. The molecule has 0 bridgehead atoms. The molecule has 1 aromatic carbocycles. The molecular formula is C24H34N4O. The van der Waals surface area contributed by atoms with Crippen molar-refractivity contribution >= 4 is 22.4 Å². The molecule has 3 fully saturated rings. The van der Waals surface area contributed by atoms with Gasteiger partial charge in [-0.15, -0.1) is 0 Å². The lowest BCUT2D eigenvalue weighted by molar-refractivity contribution is -0.133. The molecule has 5 heteroatoms. The molecular weight excluding hydrogens is 360 g/mol. The van der Waals surface area contributed by atoms with Crippen molar-refractivity contribution < 1.29 is 4.74 Å². The number of rotatable bonds is 3. The van der Waals surface area contributed by atoms with E-state index in [1.165, 1.54) is 36.8 Å². The van der Waals surface area contributed by atoms with Gasteiger partial charge in [-0.2, -0.15) is 0 Å². The molecule has 156 valence electrons. The van der Waals surface area contributed by atoms with Crippen molar-refractivity contribution in [3.63, 3.8) is 0 Å². The molecule has 0 atom stereocenters. The van der Waals surface area contributed by atoms with E-state index in [1.54, 1.807) is 0 Å². The molecule has 3 aliphatic rings. The molecule has 29 heavy (non-hydrogen) atoms. The smallest absolute Gasteiger partial charge is 0.129 e. The monoisotopic (exact) mass is 394 g/mol. The van der Waals surface area contributed by atoms with Gasteiger partial charge in [-0.25, -0.2) is 4.98 Å². The lowest BCUT2D eigenvalue weighted by atomic mass is 9.52. The summed E-state index contributed by atoms with van der Waals surface area (Å²) in [5.74, 6) is 1.03. The molecule has 2 aromatic rings. The minimum absolute atomic E-state index is 0.184. The number of aromatic nitrogens is 1. The van der Waals surface area contributed by atoms with Crippen LogP contribution in [0.2, 0.25) is 0 Å². The minimum atomic E-state index is -0.184. The maximum Gasteiger partial charge on any atom is 0.129 e. The summed E-state index contributed by atoms with van der Waals surface area (Å²) in [6.45, 7) is 10.3. The van der Waals surface area contributed by atoms with Gasteiger partial charge in [0, 0.05) is 36.2 Å². The topological polar surface area (TPSA) is 63.4 Å². The number of benzene rings is 1. The highest BCUT2D eigenvalue weighted by Crippen LogP contribution is 2.55. The van der Waals surface area contributed by atoms with Crippen LogP contribution in [0.15, 0.2) is 30.3 Å². The van der Waals surface area contributed by atoms with E-state index in [-0.39, 0.29) is 11.2 Å². The highest BCUT2D eigenvalue weighted by Gasteiger charge is 2.51. The van der Waals surface area contributed by atoms with E-state index >= 15 is 0 Å². The van der Waals surface area contributed by atoms with Crippen LogP contribution in [0.25, 0.3) is 10.9 Å². The summed E-state index contributed by atoms with van der Waals surface area (Å²) in [7, 11) is 0. The lowest BCUT2D eigenvalue weighted by Crippen LogP contribution is -2.57. The molecule has 3 N–H and O–H groups in total. The Balaban J connectivity index is 1.30. The summed E-state index contributed by atoms with van der Waals surface area (Å²) < 4.78 is 6.22. The Labute approximate surface area is 174 Å². The van der Waals surface area contributed by atoms with E-state index in [0.717, 1.165) is 24.4 Å². The molecule has 0 amide bonds. The fraction of sp³-hybridized carbons (Fsp3) is 0.625. The zero-order chi connectivity index (χ0) is 20.4. The van der Waals surface area contributed by atoms with Gasteiger partial charge in [0.25, 0.3) is 0 Å². The lowest BCUT2D eigenvalue weighted by Gasteiger charge is -2.57. The molecule has 1 spiro atoms. The number of ether oxygens (including phenoxy) is 1. The number of pyridine rings is 1. The van der Waals surface area contributed by atoms with Gasteiger partial charge in [0.2, 0.25) is 0 Å². The fourth-order valence-electron chi connectivity index (χ4n) is 6.04. The second-order valence-electron chi connectivity index (χ2n) is 11.0. The van der Waals surface area contributed by atoms with Crippen LogP contribution in [0, 0.1) is 5.41 Å².